The van der Waals surface area contributed by atoms with E-state index in [-0.39, 0.29) is 27.3 Å². The molecule has 1 heterocycles. The molecule has 0 spiro atoms. The van der Waals surface area contributed by atoms with Crippen LogP contribution in [0.25, 0.3) is 6.08 Å². The Hall–Kier alpha value is -2.99. The molecule has 0 saturated carbocycles. The fraction of sp³-hybridized carbons (Fsp3) is 0.346. The number of hydrogen-bond acceptors (Lipinski definition) is 4. The van der Waals surface area contributed by atoms with Crippen LogP contribution in [0.3, 0.4) is 0 Å². The quantitative estimate of drug-likeness (QED) is 0.378. The number of nitrogens with one attached hydrogen (secondary N) is 1. The lowest BCUT2D eigenvalue weighted by Gasteiger charge is -2.30. The summed E-state index contributed by atoms with van der Waals surface area (Å²) >= 11 is 5.28. The topological polar surface area (TPSA) is 69.6 Å². The number of carbonyl (C=O) groups excluding carboxylic acids is 2. The number of aryl methyl sites for hydroxylation is 1. The van der Waals surface area contributed by atoms with Gasteiger partial charge in [0.05, 0.1) is 5.69 Å². The van der Waals surface area contributed by atoms with E-state index in [1.165, 1.54) is 4.90 Å². The highest BCUT2D eigenvalue weighted by atomic mass is 32.1. The third-order valence-corrected chi connectivity index (χ3v) is 5.74. The van der Waals surface area contributed by atoms with E-state index >= 15 is 0 Å². The van der Waals surface area contributed by atoms with Crippen molar-refractivity contribution in [3.05, 3.63) is 64.2 Å². The molecule has 0 atom stereocenters. The number of carbonyl (C=O) groups is 2. The maximum Gasteiger partial charge on any atom is 0.270 e. The number of amides is 2. The van der Waals surface area contributed by atoms with Crippen molar-refractivity contribution in [1.29, 1.82) is 0 Å². The summed E-state index contributed by atoms with van der Waals surface area (Å²) in [7, 11) is 0. The van der Waals surface area contributed by atoms with Crippen molar-refractivity contribution in [2.75, 3.05) is 4.90 Å². The van der Waals surface area contributed by atoms with Crippen molar-refractivity contribution >= 4 is 40.9 Å². The number of nitrogens with zero attached hydrogens (tertiary/aromatic N) is 1. The Morgan fingerprint density at radius 1 is 0.938 bits per heavy atom. The SMILES string of the molecule is Cc1ccc(N2C(=O)/C(=C/c3cc(C(C)(C)C)c(O)c(C(C)(C)C)c3)C(=O)NC2=S)cc1. The van der Waals surface area contributed by atoms with Crippen molar-refractivity contribution in [1.82, 2.24) is 5.32 Å². The normalized spacial score (nSPS) is 16.5. The predicted octanol–water partition coefficient (Wildman–Crippen LogP) is 5.13. The summed E-state index contributed by atoms with van der Waals surface area (Å²) in [5.41, 5.74) is 3.17. The zero-order valence-electron chi connectivity index (χ0n) is 19.7. The number of hydrogen-bond donors (Lipinski definition) is 2. The summed E-state index contributed by atoms with van der Waals surface area (Å²) < 4.78 is 0. The number of benzene rings is 2. The van der Waals surface area contributed by atoms with Crippen molar-refractivity contribution in [2.24, 2.45) is 0 Å². The van der Waals surface area contributed by atoms with Crippen LogP contribution in [0, 0.1) is 6.92 Å². The van der Waals surface area contributed by atoms with Gasteiger partial charge in [-0.1, -0.05) is 59.2 Å². The zero-order chi connectivity index (χ0) is 24.0. The van der Waals surface area contributed by atoms with E-state index in [2.05, 4.69) is 5.32 Å². The van der Waals surface area contributed by atoms with Crippen LogP contribution in [0.4, 0.5) is 5.69 Å². The molecule has 1 aliphatic rings. The fourth-order valence-electron chi connectivity index (χ4n) is 3.64. The highest BCUT2D eigenvalue weighted by Gasteiger charge is 2.35. The highest BCUT2D eigenvalue weighted by Crippen LogP contribution is 2.40. The van der Waals surface area contributed by atoms with Crippen LogP contribution in [-0.4, -0.2) is 22.0 Å². The van der Waals surface area contributed by atoms with Crippen LogP contribution in [0.1, 0.15) is 63.8 Å². The molecule has 0 radical (unpaired) electrons. The minimum atomic E-state index is -0.536. The molecule has 32 heavy (non-hydrogen) atoms. The molecule has 2 amide bonds. The van der Waals surface area contributed by atoms with Gasteiger partial charge in [0, 0.05) is 11.1 Å². The summed E-state index contributed by atoms with van der Waals surface area (Å²) in [4.78, 5) is 27.4. The summed E-state index contributed by atoms with van der Waals surface area (Å²) in [6.45, 7) is 14.0. The monoisotopic (exact) mass is 450 g/mol. The third kappa shape index (κ3) is 4.60. The number of aromatic hydroxyl groups is 1. The number of thiocarbonyl (C=S) groups is 1. The van der Waals surface area contributed by atoms with Crippen LogP contribution in [0.5, 0.6) is 5.75 Å². The summed E-state index contributed by atoms with van der Waals surface area (Å²) in [5.74, 6) is -0.773. The molecule has 3 rings (SSSR count). The van der Waals surface area contributed by atoms with E-state index in [0.29, 0.717) is 11.3 Å². The summed E-state index contributed by atoms with van der Waals surface area (Å²) in [6.07, 6.45) is 1.57. The van der Waals surface area contributed by atoms with Gasteiger partial charge in [-0.3, -0.25) is 19.8 Å². The van der Waals surface area contributed by atoms with Gasteiger partial charge in [0.25, 0.3) is 11.8 Å². The van der Waals surface area contributed by atoms with Crippen LogP contribution in [0.2, 0.25) is 0 Å². The molecule has 0 bridgehead atoms. The molecule has 0 aromatic heterocycles. The molecule has 1 fully saturated rings. The van der Waals surface area contributed by atoms with E-state index in [4.69, 9.17) is 12.2 Å². The molecule has 1 aliphatic heterocycles. The average Bonchev–Trinajstić information content (AvgIpc) is 2.65. The van der Waals surface area contributed by atoms with Crippen molar-refractivity contribution < 1.29 is 14.7 Å². The Kier molecular flexibility index (Phi) is 6.04. The van der Waals surface area contributed by atoms with Gasteiger partial charge in [-0.25, -0.2) is 0 Å². The lowest BCUT2D eigenvalue weighted by Crippen LogP contribution is -2.54. The Bertz CT molecular complexity index is 1100. The first-order valence-electron chi connectivity index (χ1n) is 10.6. The second kappa shape index (κ2) is 8.17. The Balaban J connectivity index is 2.15. The van der Waals surface area contributed by atoms with Gasteiger partial charge in [-0.2, -0.15) is 0 Å². The average molecular weight is 451 g/mol. The van der Waals surface area contributed by atoms with Crippen LogP contribution >= 0.6 is 12.2 Å². The van der Waals surface area contributed by atoms with E-state index in [0.717, 1.165) is 16.7 Å². The third-order valence-electron chi connectivity index (χ3n) is 5.45. The molecular weight excluding hydrogens is 420 g/mol. The summed E-state index contributed by atoms with van der Waals surface area (Å²) in [6, 6.07) is 11.0. The van der Waals surface area contributed by atoms with Gasteiger partial charge in [-0.15, -0.1) is 0 Å². The van der Waals surface area contributed by atoms with Crippen molar-refractivity contribution in [3.8, 4) is 5.75 Å². The smallest absolute Gasteiger partial charge is 0.270 e. The van der Waals surface area contributed by atoms with Gasteiger partial charge in [0.15, 0.2) is 5.11 Å². The first-order valence-corrected chi connectivity index (χ1v) is 11.0. The van der Waals surface area contributed by atoms with Gasteiger partial charge in [0.2, 0.25) is 0 Å². The van der Waals surface area contributed by atoms with E-state index in [9.17, 15) is 14.7 Å². The molecule has 168 valence electrons. The minimum absolute atomic E-state index is 0.00965. The minimum Gasteiger partial charge on any atom is -0.507 e. The number of rotatable bonds is 2. The first kappa shape index (κ1) is 23.7. The zero-order valence-corrected chi connectivity index (χ0v) is 20.5. The van der Waals surface area contributed by atoms with Crippen molar-refractivity contribution in [2.45, 2.75) is 59.3 Å². The molecule has 6 heteroatoms. The molecule has 5 nitrogen and oxygen atoms in total. The Morgan fingerprint density at radius 3 is 1.91 bits per heavy atom. The van der Waals surface area contributed by atoms with Crippen LogP contribution in [0.15, 0.2) is 42.0 Å². The van der Waals surface area contributed by atoms with Gasteiger partial charge < -0.3 is 5.11 Å². The number of phenols is 1. The van der Waals surface area contributed by atoms with Gasteiger partial charge >= 0.3 is 0 Å². The molecular formula is C26H30N2O3S. The molecule has 2 aromatic carbocycles. The lowest BCUT2D eigenvalue weighted by atomic mass is 9.78. The molecule has 2 aromatic rings. The maximum absolute atomic E-state index is 13.3. The predicted molar refractivity (Wildman–Crippen MR) is 133 cm³/mol. The Labute approximate surface area is 195 Å². The van der Waals surface area contributed by atoms with Crippen LogP contribution in [-0.2, 0) is 20.4 Å². The van der Waals surface area contributed by atoms with Crippen molar-refractivity contribution in [3.63, 3.8) is 0 Å². The molecule has 0 aliphatic carbocycles. The first-order chi connectivity index (χ1) is 14.7. The standard InChI is InChI=1S/C26H30N2O3S/c1-15-8-10-17(11-9-15)28-23(31)18(22(30)27-24(28)32)12-16-13-19(25(2,3)4)21(29)20(14-16)26(5,6)7/h8-14,29H,1-7H3,(H,27,30,32)/b18-12+. The lowest BCUT2D eigenvalue weighted by molar-refractivity contribution is -0.122. The fourth-order valence-corrected chi connectivity index (χ4v) is 3.92. The largest absolute Gasteiger partial charge is 0.507 e. The van der Waals surface area contributed by atoms with Gasteiger partial charge in [0.1, 0.15) is 11.3 Å². The van der Waals surface area contributed by atoms with Crippen LogP contribution < -0.4 is 10.2 Å². The highest BCUT2D eigenvalue weighted by molar-refractivity contribution is 7.80. The second-order valence-electron chi connectivity index (χ2n) is 10.3. The van der Waals surface area contributed by atoms with Gasteiger partial charge in [-0.05, 0) is 65.9 Å². The molecule has 1 saturated heterocycles. The number of phenolic OH excluding ortho intramolecular Hbond substituents is 1. The Morgan fingerprint density at radius 2 is 1.44 bits per heavy atom. The van der Waals surface area contributed by atoms with E-state index < -0.39 is 11.8 Å². The summed E-state index contributed by atoms with van der Waals surface area (Å²) in [5, 5.41) is 13.6. The molecule has 0 unspecified atom stereocenters. The maximum atomic E-state index is 13.3. The van der Waals surface area contributed by atoms with E-state index in [1.54, 1.807) is 18.2 Å². The van der Waals surface area contributed by atoms with E-state index in [1.807, 2.05) is 72.7 Å². The number of anilines is 1. The molecule has 2 N–H and O–H groups in total. The second-order valence-corrected chi connectivity index (χ2v) is 10.6.